The largest absolute Gasteiger partial charge is 0.480 e. The second kappa shape index (κ2) is 5.07. The van der Waals surface area contributed by atoms with Gasteiger partial charge in [0.15, 0.2) is 0 Å². The summed E-state index contributed by atoms with van der Waals surface area (Å²) in [6.07, 6.45) is 3.22. The monoisotopic (exact) mass is 222 g/mol. The van der Waals surface area contributed by atoms with Crippen LogP contribution in [0.5, 0.6) is 0 Å². The van der Waals surface area contributed by atoms with Crippen molar-refractivity contribution in [2.75, 3.05) is 6.54 Å². The molecule has 16 heavy (non-hydrogen) atoms. The van der Waals surface area contributed by atoms with Crippen molar-refractivity contribution in [1.82, 2.24) is 10.3 Å². The maximum absolute atomic E-state index is 11.3. The number of nitrogens with one attached hydrogen (secondary N) is 1. The molecule has 4 nitrogen and oxygen atoms in total. The van der Waals surface area contributed by atoms with Crippen LogP contribution in [-0.4, -0.2) is 22.6 Å². The zero-order valence-electron chi connectivity index (χ0n) is 9.90. The van der Waals surface area contributed by atoms with Gasteiger partial charge in [0.1, 0.15) is 5.54 Å². The number of pyridine rings is 1. The number of rotatable bonds is 5. The van der Waals surface area contributed by atoms with E-state index in [0.29, 0.717) is 18.0 Å². The summed E-state index contributed by atoms with van der Waals surface area (Å²) in [5, 5.41) is 12.4. The molecule has 0 fully saturated rings. The molecule has 0 aliphatic carbocycles. The highest BCUT2D eigenvalue weighted by molar-refractivity contribution is 5.80. The maximum Gasteiger partial charge on any atom is 0.328 e. The predicted molar refractivity (Wildman–Crippen MR) is 62.1 cm³/mol. The molecule has 0 saturated carbocycles. The van der Waals surface area contributed by atoms with E-state index in [1.54, 1.807) is 31.5 Å². The standard InChI is InChI=1S/C12H18N2O2/c1-9(2)7-14-12(3,11(15)16)10-5-4-6-13-8-10/h4-6,8-9,14H,7H2,1-3H3,(H,15,16). The summed E-state index contributed by atoms with van der Waals surface area (Å²) in [6.45, 7) is 6.39. The van der Waals surface area contributed by atoms with Crippen LogP contribution in [0.25, 0.3) is 0 Å². The van der Waals surface area contributed by atoms with Crippen LogP contribution < -0.4 is 5.32 Å². The average Bonchev–Trinajstić information content (AvgIpc) is 2.26. The Morgan fingerprint density at radius 3 is 2.75 bits per heavy atom. The molecule has 0 amide bonds. The summed E-state index contributed by atoms with van der Waals surface area (Å²) in [7, 11) is 0. The lowest BCUT2D eigenvalue weighted by Crippen LogP contribution is -2.48. The smallest absolute Gasteiger partial charge is 0.328 e. The highest BCUT2D eigenvalue weighted by Crippen LogP contribution is 2.20. The fraction of sp³-hybridized carbons (Fsp3) is 0.500. The van der Waals surface area contributed by atoms with E-state index in [2.05, 4.69) is 10.3 Å². The van der Waals surface area contributed by atoms with E-state index in [1.807, 2.05) is 13.8 Å². The molecule has 0 aliphatic heterocycles. The number of hydrogen-bond acceptors (Lipinski definition) is 3. The van der Waals surface area contributed by atoms with Gasteiger partial charge in [0.05, 0.1) is 0 Å². The van der Waals surface area contributed by atoms with Gasteiger partial charge in [-0.15, -0.1) is 0 Å². The van der Waals surface area contributed by atoms with Crippen molar-refractivity contribution in [3.05, 3.63) is 30.1 Å². The van der Waals surface area contributed by atoms with Gasteiger partial charge >= 0.3 is 5.97 Å². The Morgan fingerprint density at radius 2 is 2.31 bits per heavy atom. The van der Waals surface area contributed by atoms with Crippen LogP contribution in [-0.2, 0) is 10.3 Å². The normalized spacial score (nSPS) is 14.8. The number of carboxylic acid groups (broad SMARTS) is 1. The Labute approximate surface area is 95.7 Å². The van der Waals surface area contributed by atoms with Crippen molar-refractivity contribution in [3.8, 4) is 0 Å². The van der Waals surface area contributed by atoms with Crippen molar-refractivity contribution >= 4 is 5.97 Å². The molecule has 4 heteroatoms. The predicted octanol–water partition coefficient (Wildman–Crippen LogP) is 1.63. The Bertz CT molecular complexity index is 351. The first kappa shape index (κ1) is 12.6. The number of carbonyl (C=O) groups is 1. The summed E-state index contributed by atoms with van der Waals surface area (Å²) in [4.78, 5) is 15.3. The number of aromatic nitrogens is 1. The SMILES string of the molecule is CC(C)CNC(C)(C(=O)O)c1cccnc1. The van der Waals surface area contributed by atoms with Gasteiger partial charge in [-0.1, -0.05) is 19.9 Å². The van der Waals surface area contributed by atoms with Crippen molar-refractivity contribution < 1.29 is 9.90 Å². The molecule has 0 aromatic carbocycles. The summed E-state index contributed by atoms with van der Waals surface area (Å²) in [6, 6.07) is 3.52. The van der Waals surface area contributed by atoms with E-state index < -0.39 is 11.5 Å². The van der Waals surface area contributed by atoms with E-state index in [0.717, 1.165) is 0 Å². The number of aliphatic carboxylic acids is 1. The number of hydrogen-bond donors (Lipinski definition) is 2. The van der Waals surface area contributed by atoms with Crippen molar-refractivity contribution in [3.63, 3.8) is 0 Å². The minimum absolute atomic E-state index is 0.398. The molecule has 1 unspecified atom stereocenters. The lowest BCUT2D eigenvalue weighted by atomic mass is 9.93. The summed E-state index contributed by atoms with van der Waals surface area (Å²) in [5.41, 5.74) is -0.401. The van der Waals surface area contributed by atoms with Gasteiger partial charge in [-0.25, -0.2) is 4.79 Å². The molecule has 1 heterocycles. The minimum Gasteiger partial charge on any atom is -0.480 e. The third-order valence-corrected chi connectivity index (χ3v) is 2.53. The van der Waals surface area contributed by atoms with E-state index in [-0.39, 0.29) is 0 Å². The molecule has 0 saturated heterocycles. The molecule has 1 rings (SSSR count). The van der Waals surface area contributed by atoms with E-state index in [4.69, 9.17) is 0 Å². The fourth-order valence-corrected chi connectivity index (χ4v) is 1.37. The van der Waals surface area contributed by atoms with Crippen molar-refractivity contribution in [2.24, 2.45) is 5.92 Å². The quantitative estimate of drug-likeness (QED) is 0.794. The number of carboxylic acids is 1. The third kappa shape index (κ3) is 2.79. The number of nitrogens with zero attached hydrogens (tertiary/aromatic N) is 1. The molecule has 1 aromatic heterocycles. The highest BCUT2D eigenvalue weighted by Gasteiger charge is 2.34. The molecule has 0 aliphatic rings. The van der Waals surface area contributed by atoms with Gasteiger partial charge in [0.25, 0.3) is 0 Å². The second-order valence-corrected chi connectivity index (χ2v) is 4.45. The van der Waals surface area contributed by atoms with Crippen LogP contribution >= 0.6 is 0 Å². The Hall–Kier alpha value is -1.42. The third-order valence-electron chi connectivity index (χ3n) is 2.53. The van der Waals surface area contributed by atoms with E-state index in [1.165, 1.54) is 0 Å². The summed E-state index contributed by atoms with van der Waals surface area (Å²) >= 11 is 0. The highest BCUT2D eigenvalue weighted by atomic mass is 16.4. The van der Waals surface area contributed by atoms with Crippen LogP contribution in [0.1, 0.15) is 26.3 Å². The summed E-state index contributed by atoms with van der Waals surface area (Å²) < 4.78 is 0. The van der Waals surface area contributed by atoms with Crippen molar-refractivity contribution in [1.29, 1.82) is 0 Å². The first-order valence-electron chi connectivity index (χ1n) is 5.35. The van der Waals surface area contributed by atoms with Crippen LogP contribution in [0.2, 0.25) is 0 Å². The Morgan fingerprint density at radius 1 is 1.62 bits per heavy atom. The van der Waals surface area contributed by atoms with Gasteiger partial charge in [0.2, 0.25) is 0 Å². The average molecular weight is 222 g/mol. The van der Waals surface area contributed by atoms with Gasteiger partial charge in [0, 0.05) is 18.0 Å². The second-order valence-electron chi connectivity index (χ2n) is 4.45. The van der Waals surface area contributed by atoms with Gasteiger partial charge in [-0.3, -0.25) is 10.3 Å². The minimum atomic E-state index is -1.07. The van der Waals surface area contributed by atoms with Crippen LogP contribution in [0, 0.1) is 5.92 Å². The van der Waals surface area contributed by atoms with E-state index in [9.17, 15) is 9.90 Å². The zero-order valence-corrected chi connectivity index (χ0v) is 9.90. The summed E-state index contributed by atoms with van der Waals surface area (Å²) in [5.74, 6) is -0.489. The molecular formula is C12H18N2O2. The topological polar surface area (TPSA) is 62.2 Å². The Kier molecular flexibility index (Phi) is 4.01. The fourth-order valence-electron chi connectivity index (χ4n) is 1.37. The lowest BCUT2D eigenvalue weighted by molar-refractivity contribution is -0.144. The first-order chi connectivity index (χ1) is 7.47. The van der Waals surface area contributed by atoms with Crippen molar-refractivity contribution in [2.45, 2.75) is 26.3 Å². The molecule has 1 aromatic rings. The van der Waals surface area contributed by atoms with Crippen LogP contribution in [0.3, 0.4) is 0 Å². The Balaban J connectivity index is 2.93. The van der Waals surface area contributed by atoms with Gasteiger partial charge < -0.3 is 5.11 Å². The molecule has 0 radical (unpaired) electrons. The van der Waals surface area contributed by atoms with E-state index >= 15 is 0 Å². The zero-order chi connectivity index (χ0) is 12.2. The van der Waals surface area contributed by atoms with Gasteiger partial charge in [-0.05, 0) is 25.5 Å². The van der Waals surface area contributed by atoms with Crippen LogP contribution in [0.15, 0.2) is 24.5 Å². The molecule has 2 N–H and O–H groups in total. The molecule has 88 valence electrons. The molecular weight excluding hydrogens is 204 g/mol. The molecule has 0 bridgehead atoms. The first-order valence-corrected chi connectivity index (χ1v) is 5.35. The van der Waals surface area contributed by atoms with Gasteiger partial charge in [-0.2, -0.15) is 0 Å². The molecule has 1 atom stereocenters. The maximum atomic E-state index is 11.3. The molecule has 0 spiro atoms. The lowest BCUT2D eigenvalue weighted by Gasteiger charge is -2.27. The van der Waals surface area contributed by atoms with Crippen LogP contribution in [0.4, 0.5) is 0 Å².